The highest BCUT2D eigenvalue weighted by Gasteiger charge is 2.52. The number of anilines is 1. The van der Waals surface area contributed by atoms with E-state index in [9.17, 15) is 4.79 Å². The van der Waals surface area contributed by atoms with Crippen molar-refractivity contribution >= 4 is 57.7 Å². The molecular formula is C14H13N3OS4. The minimum Gasteiger partial charge on any atom is -0.273 e. The second-order valence-corrected chi connectivity index (χ2v) is 10.5. The molecule has 114 valence electrons. The monoisotopic (exact) mass is 367 g/mol. The highest BCUT2D eigenvalue weighted by molar-refractivity contribution is 8.36. The molecule has 0 saturated carbocycles. The Hall–Kier alpha value is -0.700. The van der Waals surface area contributed by atoms with Crippen LogP contribution in [0.25, 0.3) is 10.6 Å². The molecule has 8 heteroatoms. The second-order valence-electron chi connectivity index (χ2n) is 4.99. The van der Waals surface area contributed by atoms with E-state index in [1.54, 1.807) is 11.8 Å². The zero-order chi connectivity index (χ0) is 15.2. The van der Waals surface area contributed by atoms with Crippen molar-refractivity contribution in [2.45, 2.75) is 10.5 Å². The third kappa shape index (κ3) is 2.46. The molecule has 0 N–H and O–H groups in total. The Morgan fingerprint density at radius 2 is 1.82 bits per heavy atom. The van der Waals surface area contributed by atoms with Crippen LogP contribution in [-0.4, -0.2) is 36.9 Å². The predicted molar refractivity (Wildman–Crippen MR) is 97.7 cm³/mol. The zero-order valence-electron chi connectivity index (χ0n) is 11.8. The summed E-state index contributed by atoms with van der Waals surface area (Å²) in [4.78, 5) is 14.2. The van der Waals surface area contributed by atoms with Crippen LogP contribution in [-0.2, 0) is 4.79 Å². The highest BCUT2D eigenvalue weighted by Crippen LogP contribution is 2.59. The van der Waals surface area contributed by atoms with Crippen molar-refractivity contribution in [3.8, 4) is 10.6 Å². The van der Waals surface area contributed by atoms with Gasteiger partial charge in [0.15, 0.2) is 3.54 Å². The molecule has 4 rings (SSSR count). The number of amides is 1. The van der Waals surface area contributed by atoms with Gasteiger partial charge in [-0.3, -0.25) is 9.69 Å². The number of carbonyl (C=O) groups excluding carboxylic acids is 1. The molecule has 2 saturated heterocycles. The van der Waals surface area contributed by atoms with Crippen LogP contribution in [0.5, 0.6) is 0 Å². The topological polar surface area (TPSA) is 46.1 Å². The van der Waals surface area contributed by atoms with Crippen molar-refractivity contribution in [3.05, 3.63) is 29.8 Å². The molecule has 4 nitrogen and oxygen atoms in total. The van der Waals surface area contributed by atoms with Crippen molar-refractivity contribution in [3.63, 3.8) is 0 Å². The van der Waals surface area contributed by atoms with Gasteiger partial charge in [-0.15, -0.1) is 45.5 Å². The second kappa shape index (κ2) is 5.74. The minimum absolute atomic E-state index is 0.138. The zero-order valence-corrected chi connectivity index (χ0v) is 15.1. The summed E-state index contributed by atoms with van der Waals surface area (Å²) in [6, 6.07) is 8.24. The van der Waals surface area contributed by atoms with Gasteiger partial charge in [0.1, 0.15) is 5.01 Å². The van der Waals surface area contributed by atoms with Crippen LogP contribution in [0.1, 0.15) is 5.56 Å². The number of aryl methyl sites for hydroxylation is 1. The van der Waals surface area contributed by atoms with Gasteiger partial charge in [-0.05, 0) is 6.92 Å². The fourth-order valence-electron chi connectivity index (χ4n) is 2.37. The van der Waals surface area contributed by atoms with E-state index in [2.05, 4.69) is 41.4 Å². The molecule has 0 unspecified atom stereocenters. The molecule has 1 amide bonds. The summed E-state index contributed by atoms with van der Waals surface area (Å²) >= 11 is 6.88. The van der Waals surface area contributed by atoms with Crippen LogP contribution in [0.2, 0.25) is 0 Å². The number of carbonyl (C=O) groups is 1. The quantitative estimate of drug-likeness (QED) is 0.807. The normalized spacial score (nSPS) is 20.2. The third-order valence-electron chi connectivity index (χ3n) is 3.46. The first kappa shape index (κ1) is 14.9. The highest BCUT2D eigenvalue weighted by atomic mass is 32.3. The molecule has 2 aromatic rings. The van der Waals surface area contributed by atoms with Crippen molar-refractivity contribution in [1.29, 1.82) is 0 Å². The lowest BCUT2D eigenvalue weighted by Crippen LogP contribution is -2.38. The Labute approximate surface area is 145 Å². The Morgan fingerprint density at radius 3 is 2.55 bits per heavy atom. The molecule has 3 heterocycles. The summed E-state index contributed by atoms with van der Waals surface area (Å²) in [6.07, 6.45) is 0. The van der Waals surface area contributed by atoms with Gasteiger partial charge >= 0.3 is 0 Å². The molecule has 22 heavy (non-hydrogen) atoms. The Balaban J connectivity index is 1.68. The number of hydrogen-bond donors (Lipinski definition) is 0. The van der Waals surface area contributed by atoms with Crippen molar-refractivity contribution < 1.29 is 4.79 Å². The van der Waals surface area contributed by atoms with E-state index in [4.69, 9.17) is 0 Å². The molecule has 2 aliphatic rings. The van der Waals surface area contributed by atoms with Gasteiger partial charge in [-0.25, -0.2) is 0 Å². The van der Waals surface area contributed by atoms with Crippen LogP contribution in [0, 0.1) is 6.92 Å². The third-order valence-corrected chi connectivity index (χ3v) is 9.64. The SMILES string of the molecule is Cc1ccc(-c2nnc(N3C(=O)CSC34SCCS4)s2)cc1. The van der Waals surface area contributed by atoms with E-state index in [0.29, 0.717) is 10.9 Å². The first-order valence-corrected chi connectivity index (χ1v) is 10.6. The van der Waals surface area contributed by atoms with E-state index in [-0.39, 0.29) is 9.44 Å². The van der Waals surface area contributed by atoms with E-state index >= 15 is 0 Å². The van der Waals surface area contributed by atoms with Gasteiger partial charge in [0.25, 0.3) is 0 Å². The standard InChI is InChI=1S/C14H13N3OS4/c1-9-2-4-10(5-3-9)12-15-16-13(22-12)17-11(18)8-21-14(17)19-6-7-20-14/h2-5H,6-8H2,1H3. The first-order chi connectivity index (χ1) is 10.7. The van der Waals surface area contributed by atoms with E-state index in [1.807, 2.05) is 28.4 Å². The molecule has 0 radical (unpaired) electrons. The maximum Gasteiger partial charge on any atom is 0.241 e. The summed E-state index contributed by atoms with van der Waals surface area (Å²) in [6.45, 7) is 2.06. The van der Waals surface area contributed by atoms with Crippen molar-refractivity contribution in [2.24, 2.45) is 0 Å². The van der Waals surface area contributed by atoms with Gasteiger partial charge in [-0.1, -0.05) is 41.2 Å². The number of benzene rings is 1. The van der Waals surface area contributed by atoms with Crippen molar-refractivity contribution in [1.82, 2.24) is 10.2 Å². The van der Waals surface area contributed by atoms with Crippen LogP contribution >= 0.6 is 46.6 Å². The molecular weight excluding hydrogens is 354 g/mol. The van der Waals surface area contributed by atoms with Gasteiger partial charge in [0, 0.05) is 17.1 Å². The van der Waals surface area contributed by atoms with E-state index in [0.717, 1.165) is 22.1 Å². The number of aromatic nitrogens is 2. The van der Waals surface area contributed by atoms with Gasteiger partial charge in [0.05, 0.1) is 5.75 Å². The molecule has 1 spiro atoms. The summed E-state index contributed by atoms with van der Waals surface area (Å²) in [5.74, 6) is 2.81. The summed E-state index contributed by atoms with van der Waals surface area (Å²) in [7, 11) is 0. The van der Waals surface area contributed by atoms with Gasteiger partial charge in [-0.2, -0.15) is 0 Å². The largest absolute Gasteiger partial charge is 0.273 e. The smallest absolute Gasteiger partial charge is 0.241 e. The summed E-state index contributed by atoms with van der Waals surface area (Å²) < 4.78 is -0.221. The molecule has 2 aliphatic heterocycles. The van der Waals surface area contributed by atoms with Crippen LogP contribution in [0.15, 0.2) is 24.3 Å². The predicted octanol–water partition coefficient (Wildman–Crippen LogP) is 3.68. The Bertz CT molecular complexity index is 709. The number of rotatable bonds is 2. The minimum atomic E-state index is -0.221. The molecule has 1 aromatic heterocycles. The Kier molecular flexibility index (Phi) is 3.88. The summed E-state index contributed by atoms with van der Waals surface area (Å²) in [5.41, 5.74) is 2.27. The average Bonchev–Trinajstić information content (AvgIpc) is 3.23. The molecule has 1 aromatic carbocycles. The van der Waals surface area contributed by atoms with E-state index in [1.165, 1.54) is 16.9 Å². The van der Waals surface area contributed by atoms with Crippen LogP contribution < -0.4 is 4.90 Å². The fourth-order valence-corrected chi connectivity index (χ4v) is 8.39. The first-order valence-electron chi connectivity index (χ1n) is 6.83. The maximum absolute atomic E-state index is 12.3. The lowest BCUT2D eigenvalue weighted by molar-refractivity contribution is -0.115. The number of hydrogen-bond acceptors (Lipinski definition) is 7. The molecule has 2 fully saturated rings. The van der Waals surface area contributed by atoms with Gasteiger partial charge < -0.3 is 0 Å². The number of nitrogens with zero attached hydrogens (tertiary/aromatic N) is 3. The average molecular weight is 368 g/mol. The number of thioether (sulfide) groups is 3. The van der Waals surface area contributed by atoms with Crippen LogP contribution in [0.4, 0.5) is 5.13 Å². The summed E-state index contributed by atoms with van der Waals surface area (Å²) in [5, 5.41) is 10.2. The fraction of sp³-hybridized carbons (Fsp3) is 0.357. The molecule has 0 bridgehead atoms. The Morgan fingerprint density at radius 1 is 1.09 bits per heavy atom. The van der Waals surface area contributed by atoms with Crippen molar-refractivity contribution in [2.75, 3.05) is 22.2 Å². The van der Waals surface area contributed by atoms with Gasteiger partial charge in [0.2, 0.25) is 11.0 Å². The maximum atomic E-state index is 12.3. The molecule has 0 aliphatic carbocycles. The lowest BCUT2D eigenvalue weighted by atomic mass is 10.2. The lowest BCUT2D eigenvalue weighted by Gasteiger charge is -2.29. The molecule has 0 atom stereocenters. The van der Waals surface area contributed by atoms with Crippen LogP contribution in [0.3, 0.4) is 0 Å². The van der Waals surface area contributed by atoms with E-state index < -0.39 is 0 Å².